The van der Waals surface area contributed by atoms with Gasteiger partial charge >= 0.3 is 5.97 Å². The lowest BCUT2D eigenvalue weighted by atomic mass is 10.1. The molecule has 1 aliphatic rings. The van der Waals surface area contributed by atoms with E-state index in [9.17, 15) is 14.4 Å². The number of methoxy groups -OCH3 is 1. The van der Waals surface area contributed by atoms with Crippen molar-refractivity contribution in [2.24, 2.45) is 0 Å². The van der Waals surface area contributed by atoms with E-state index < -0.39 is 12.0 Å². The summed E-state index contributed by atoms with van der Waals surface area (Å²) in [5.41, 5.74) is 1.74. The van der Waals surface area contributed by atoms with Gasteiger partial charge in [-0.1, -0.05) is 12.1 Å². The molecule has 0 saturated heterocycles. The van der Waals surface area contributed by atoms with Crippen LogP contribution in [-0.2, 0) is 14.3 Å². The van der Waals surface area contributed by atoms with Crippen molar-refractivity contribution in [2.45, 2.75) is 25.8 Å². The van der Waals surface area contributed by atoms with Gasteiger partial charge in [0.2, 0.25) is 5.91 Å². The van der Waals surface area contributed by atoms with E-state index in [1.807, 2.05) is 0 Å². The molecule has 0 bridgehead atoms. The van der Waals surface area contributed by atoms with E-state index in [2.05, 4.69) is 15.4 Å². The quantitative estimate of drug-likeness (QED) is 0.807. The maximum atomic E-state index is 12.2. The maximum absolute atomic E-state index is 12.2. The molecule has 1 aromatic carbocycles. The molecule has 6 heteroatoms. The van der Waals surface area contributed by atoms with Gasteiger partial charge in [-0.25, -0.2) is 0 Å². The minimum absolute atomic E-state index is 0.0736. The maximum Gasteiger partial charge on any atom is 0.305 e. The number of amides is 2. The fourth-order valence-electron chi connectivity index (χ4n) is 2.16. The van der Waals surface area contributed by atoms with E-state index in [1.165, 1.54) is 7.11 Å². The molecule has 1 aromatic rings. The summed E-state index contributed by atoms with van der Waals surface area (Å²) < 4.78 is 4.53. The first kappa shape index (κ1) is 14.0. The molecule has 20 heavy (non-hydrogen) atoms. The van der Waals surface area contributed by atoms with Crippen molar-refractivity contribution in [2.75, 3.05) is 12.4 Å². The van der Waals surface area contributed by atoms with Crippen LogP contribution in [0.1, 0.15) is 28.8 Å². The number of ether oxygens (including phenoxy) is 1. The molecular weight excluding hydrogens is 260 g/mol. The summed E-state index contributed by atoms with van der Waals surface area (Å²) in [4.78, 5) is 35.4. The Morgan fingerprint density at radius 2 is 2.10 bits per heavy atom. The van der Waals surface area contributed by atoms with Crippen LogP contribution in [0.15, 0.2) is 18.2 Å². The minimum atomic E-state index is -0.742. The van der Waals surface area contributed by atoms with E-state index in [-0.39, 0.29) is 24.7 Å². The Kier molecular flexibility index (Phi) is 4.02. The monoisotopic (exact) mass is 276 g/mol. The molecule has 1 atom stereocenters. The summed E-state index contributed by atoms with van der Waals surface area (Å²) in [6.07, 6.45) is 0.279. The second-order valence-corrected chi connectivity index (χ2v) is 4.63. The van der Waals surface area contributed by atoms with Crippen LogP contribution in [0.4, 0.5) is 5.69 Å². The highest BCUT2D eigenvalue weighted by molar-refractivity contribution is 6.10. The van der Waals surface area contributed by atoms with E-state index >= 15 is 0 Å². The number of rotatable bonds is 3. The largest absolute Gasteiger partial charge is 0.469 e. The number of fused-ring (bicyclic) bond motifs is 1. The normalized spacial score (nSPS) is 17.6. The number of nitrogens with one attached hydrogen (secondary N) is 2. The Labute approximate surface area is 116 Å². The minimum Gasteiger partial charge on any atom is -0.469 e. The van der Waals surface area contributed by atoms with Crippen LogP contribution in [0.5, 0.6) is 0 Å². The molecule has 6 nitrogen and oxygen atoms in total. The van der Waals surface area contributed by atoms with E-state index in [4.69, 9.17) is 0 Å². The molecule has 2 rings (SSSR count). The average Bonchev–Trinajstić information content (AvgIpc) is 2.54. The summed E-state index contributed by atoms with van der Waals surface area (Å²) in [7, 11) is 1.29. The molecule has 106 valence electrons. The van der Waals surface area contributed by atoms with Crippen LogP contribution >= 0.6 is 0 Å². The first-order valence-corrected chi connectivity index (χ1v) is 6.31. The highest BCUT2D eigenvalue weighted by atomic mass is 16.5. The van der Waals surface area contributed by atoms with Gasteiger partial charge in [-0.2, -0.15) is 0 Å². The third-order valence-electron chi connectivity index (χ3n) is 3.24. The fraction of sp³-hybridized carbons (Fsp3) is 0.357. The van der Waals surface area contributed by atoms with Gasteiger partial charge < -0.3 is 15.4 Å². The van der Waals surface area contributed by atoms with E-state index in [1.54, 1.807) is 25.1 Å². The molecule has 0 spiro atoms. The molecule has 0 saturated carbocycles. The molecule has 0 fully saturated rings. The van der Waals surface area contributed by atoms with Gasteiger partial charge in [0.15, 0.2) is 0 Å². The number of esters is 1. The Morgan fingerprint density at radius 3 is 2.80 bits per heavy atom. The molecule has 0 radical (unpaired) electrons. The van der Waals surface area contributed by atoms with Gasteiger partial charge in [-0.05, 0) is 25.0 Å². The highest BCUT2D eigenvalue weighted by Crippen LogP contribution is 2.22. The zero-order valence-corrected chi connectivity index (χ0v) is 11.4. The molecule has 0 aliphatic carbocycles. The van der Waals surface area contributed by atoms with Gasteiger partial charge in [-0.3, -0.25) is 14.4 Å². The van der Waals surface area contributed by atoms with Gasteiger partial charge in [0, 0.05) is 6.42 Å². The number of hydrogen-bond donors (Lipinski definition) is 2. The number of aryl methyl sites for hydroxylation is 1. The Hall–Kier alpha value is -2.37. The van der Waals surface area contributed by atoms with Gasteiger partial charge in [-0.15, -0.1) is 0 Å². The topological polar surface area (TPSA) is 84.5 Å². The average molecular weight is 276 g/mol. The number of hydrogen-bond acceptors (Lipinski definition) is 4. The zero-order valence-electron chi connectivity index (χ0n) is 11.4. The molecule has 0 aromatic heterocycles. The third kappa shape index (κ3) is 2.79. The fourth-order valence-corrected chi connectivity index (χ4v) is 2.16. The lowest BCUT2D eigenvalue weighted by Crippen LogP contribution is -2.41. The van der Waals surface area contributed by atoms with Crippen LogP contribution in [-0.4, -0.2) is 30.9 Å². The number of anilines is 1. The van der Waals surface area contributed by atoms with Gasteiger partial charge in [0.1, 0.15) is 6.04 Å². The SMILES string of the molecule is COC(=O)CC[C@H]1NC(=O)c2c(C)cccc2NC1=O. The van der Waals surface area contributed by atoms with Crippen LogP contribution in [0.3, 0.4) is 0 Å². The Balaban J connectivity index is 2.19. The second-order valence-electron chi connectivity index (χ2n) is 4.63. The van der Waals surface area contributed by atoms with Crippen molar-refractivity contribution >= 4 is 23.5 Å². The summed E-state index contributed by atoms with van der Waals surface area (Å²) in [5.74, 6) is -1.05. The van der Waals surface area contributed by atoms with Crippen molar-refractivity contribution in [1.82, 2.24) is 5.32 Å². The lowest BCUT2D eigenvalue weighted by Gasteiger charge is -2.13. The predicted octanol–water partition coefficient (Wildman–Crippen LogP) is 0.999. The van der Waals surface area contributed by atoms with Gasteiger partial charge in [0.05, 0.1) is 18.4 Å². The number of carbonyl (C=O) groups excluding carboxylic acids is 3. The van der Waals surface area contributed by atoms with Crippen molar-refractivity contribution in [3.63, 3.8) is 0 Å². The van der Waals surface area contributed by atoms with Crippen LogP contribution in [0.2, 0.25) is 0 Å². The molecule has 1 heterocycles. The standard InChI is InChI=1S/C14H16N2O4/c1-8-4-3-5-9-12(8)14(19)16-10(13(18)15-9)6-7-11(17)20-2/h3-5,10H,6-7H2,1-2H3,(H,15,18)(H,16,19)/t10-/m1/s1. The van der Waals surface area contributed by atoms with Crippen molar-refractivity contribution in [3.05, 3.63) is 29.3 Å². The Morgan fingerprint density at radius 1 is 1.35 bits per heavy atom. The smallest absolute Gasteiger partial charge is 0.305 e. The second kappa shape index (κ2) is 5.73. The first-order chi connectivity index (χ1) is 9.52. The highest BCUT2D eigenvalue weighted by Gasteiger charge is 2.28. The zero-order chi connectivity index (χ0) is 14.7. The van der Waals surface area contributed by atoms with Crippen LogP contribution in [0.25, 0.3) is 0 Å². The number of benzene rings is 1. The number of carbonyl (C=O) groups is 3. The van der Waals surface area contributed by atoms with Crippen molar-refractivity contribution in [1.29, 1.82) is 0 Å². The molecule has 0 unspecified atom stereocenters. The third-order valence-corrected chi connectivity index (χ3v) is 3.24. The summed E-state index contributed by atoms with van der Waals surface area (Å²) in [6.45, 7) is 1.80. The van der Waals surface area contributed by atoms with Crippen molar-refractivity contribution in [3.8, 4) is 0 Å². The summed E-state index contributed by atoms with van der Waals surface area (Å²) in [5, 5.41) is 5.36. The van der Waals surface area contributed by atoms with E-state index in [0.29, 0.717) is 11.3 Å². The molecule has 2 amide bonds. The van der Waals surface area contributed by atoms with Gasteiger partial charge in [0.25, 0.3) is 5.91 Å². The molecular formula is C14H16N2O4. The first-order valence-electron chi connectivity index (χ1n) is 6.31. The van der Waals surface area contributed by atoms with Crippen LogP contribution < -0.4 is 10.6 Å². The lowest BCUT2D eigenvalue weighted by molar-refractivity contribution is -0.140. The molecule has 2 N–H and O–H groups in total. The summed E-state index contributed by atoms with van der Waals surface area (Å²) >= 11 is 0. The van der Waals surface area contributed by atoms with E-state index in [0.717, 1.165) is 5.56 Å². The Bertz CT molecular complexity index is 568. The predicted molar refractivity (Wildman–Crippen MR) is 72.3 cm³/mol. The van der Waals surface area contributed by atoms with Crippen molar-refractivity contribution < 1.29 is 19.1 Å². The molecule has 1 aliphatic heterocycles. The summed E-state index contributed by atoms with van der Waals surface area (Å²) in [6, 6.07) is 4.52. The van der Waals surface area contributed by atoms with Crippen LogP contribution in [0, 0.1) is 6.92 Å².